The van der Waals surface area contributed by atoms with Crippen molar-refractivity contribution in [3.63, 3.8) is 0 Å². The monoisotopic (exact) mass is 717 g/mol. The maximum Gasteiger partial charge on any atom is 0.150 e. The summed E-state index contributed by atoms with van der Waals surface area (Å²) < 4.78 is 21.3. The van der Waals surface area contributed by atoms with Crippen molar-refractivity contribution in [2.24, 2.45) is 0 Å². The molecule has 11 rings (SSSR count). The Morgan fingerprint density at radius 1 is 0.667 bits per heavy atom. The van der Waals surface area contributed by atoms with Crippen LogP contribution in [0.2, 0.25) is 13.1 Å². The van der Waals surface area contributed by atoms with Gasteiger partial charge in [-0.25, -0.2) is 14.4 Å². The molecule has 8 aromatic rings. The Hall–Kier alpha value is -6.31. The lowest BCUT2D eigenvalue weighted by molar-refractivity contribution is 0.396. The van der Waals surface area contributed by atoms with Crippen molar-refractivity contribution in [1.82, 2.24) is 19.1 Å². The Bertz CT molecular complexity index is 2870. The van der Waals surface area contributed by atoms with Gasteiger partial charge in [0.15, 0.2) is 6.17 Å². The molecule has 5 nitrogen and oxygen atoms in total. The van der Waals surface area contributed by atoms with Crippen LogP contribution >= 0.6 is 0 Å². The minimum Gasteiger partial charge on any atom is -0.311 e. The first-order valence-electron chi connectivity index (χ1n) is 18.6. The minimum absolute atomic E-state index is 0.0467. The minimum atomic E-state index is -2.11. The molecule has 3 aromatic heterocycles. The standard InChI is InChI=1S/C47H36FN5Si/c1-54(2)43-20-9-8-19-40(43)52(32-13-4-3-5-14-32)42-29-41-37(28-44(42)54)36-17-11-23-49-47(36)53(41)33-15-10-12-30(26-33)45(48)31-21-22-34-35-16-6-7-18-39(35)51-25-24-50-46(51)38(34)27-31/h3-29,34,38,45H,1-2H3. The van der Waals surface area contributed by atoms with Gasteiger partial charge in [0.25, 0.3) is 0 Å². The number of hydrogen-bond donors (Lipinski definition) is 0. The second-order valence-corrected chi connectivity index (χ2v) is 19.5. The second-order valence-electron chi connectivity index (χ2n) is 15.2. The number of nitrogens with zero attached hydrogens (tertiary/aromatic N) is 5. The molecule has 5 aromatic carbocycles. The summed E-state index contributed by atoms with van der Waals surface area (Å²) in [5.41, 5.74) is 9.97. The van der Waals surface area contributed by atoms with Gasteiger partial charge in [0.2, 0.25) is 0 Å². The normalized spacial score (nSPS) is 18.4. The Morgan fingerprint density at radius 3 is 2.35 bits per heavy atom. The molecule has 0 spiro atoms. The number of anilines is 3. The molecule has 0 amide bonds. The molecule has 7 heteroatoms. The van der Waals surface area contributed by atoms with Gasteiger partial charge in [-0.15, -0.1) is 0 Å². The molecule has 0 fully saturated rings. The Morgan fingerprint density at radius 2 is 1.46 bits per heavy atom. The summed E-state index contributed by atoms with van der Waals surface area (Å²) in [5, 5.41) is 5.05. The third-order valence-electron chi connectivity index (χ3n) is 11.9. The zero-order chi connectivity index (χ0) is 36.1. The summed E-state index contributed by atoms with van der Waals surface area (Å²) in [6.45, 7) is 4.91. The molecule has 5 heterocycles. The van der Waals surface area contributed by atoms with E-state index in [4.69, 9.17) is 9.97 Å². The van der Waals surface area contributed by atoms with E-state index in [1.54, 1.807) is 0 Å². The van der Waals surface area contributed by atoms with Crippen LogP contribution in [-0.2, 0) is 0 Å². The molecule has 0 saturated carbocycles. The SMILES string of the molecule is C[Si]1(C)c2ccccc2N(c2ccccc2)c2cc3c(cc21)c1cccnc1n3-c1cccc(C(F)C2=CC3c4nccn4-c4ccccc4C3C=C2)c1. The van der Waals surface area contributed by atoms with Crippen LogP contribution in [-0.4, -0.2) is 27.2 Å². The Labute approximate surface area is 314 Å². The predicted octanol–water partition coefficient (Wildman–Crippen LogP) is 10.4. The maximum atomic E-state index is 16.9. The van der Waals surface area contributed by atoms with Gasteiger partial charge in [-0.1, -0.05) is 104 Å². The van der Waals surface area contributed by atoms with E-state index in [-0.39, 0.29) is 11.8 Å². The van der Waals surface area contributed by atoms with Gasteiger partial charge in [-0.05, 0) is 81.7 Å². The number of pyridine rings is 1. The van der Waals surface area contributed by atoms with Crippen LogP contribution in [0.4, 0.5) is 21.5 Å². The fourth-order valence-corrected chi connectivity index (χ4v) is 12.3. The van der Waals surface area contributed by atoms with Gasteiger partial charge in [0.05, 0.1) is 11.2 Å². The lowest BCUT2D eigenvalue weighted by atomic mass is 9.77. The maximum absolute atomic E-state index is 16.9. The average Bonchev–Trinajstić information content (AvgIpc) is 3.84. The lowest BCUT2D eigenvalue weighted by Gasteiger charge is -2.41. The number of benzene rings is 5. The topological polar surface area (TPSA) is 38.9 Å². The second kappa shape index (κ2) is 11.6. The largest absolute Gasteiger partial charge is 0.311 e. The van der Waals surface area contributed by atoms with Gasteiger partial charge in [0, 0.05) is 63.9 Å². The van der Waals surface area contributed by atoms with Crippen LogP contribution in [0, 0.1) is 0 Å². The van der Waals surface area contributed by atoms with Crippen molar-refractivity contribution in [1.29, 1.82) is 0 Å². The molecule has 3 unspecified atom stereocenters. The molecule has 0 bridgehead atoms. The van der Waals surface area contributed by atoms with Crippen LogP contribution in [0.5, 0.6) is 0 Å². The molecule has 1 aliphatic carbocycles. The van der Waals surface area contributed by atoms with Crippen LogP contribution in [0.3, 0.4) is 0 Å². The summed E-state index contributed by atoms with van der Waals surface area (Å²) in [6.07, 6.45) is 10.6. The molecule has 0 radical (unpaired) electrons. The van der Waals surface area contributed by atoms with Crippen LogP contribution < -0.4 is 15.3 Å². The van der Waals surface area contributed by atoms with E-state index in [2.05, 4.69) is 142 Å². The molecule has 260 valence electrons. The molecule has 0 N–H and O–H groups in total. The predicted molar refractivity (Wildman–Crippen MR) is 220 cm³/mol. The van der Waals surface area contributed by atoms with Crippen molar-refractivity contribution >= 4 is 57.4 Å². The zero-order valence-corrected chi connectivity index (χ0v) is 30.9. The first-order valence-corrected chi connectivity index (χ1v) is 21.6. The van der Waals surface area contributed by atoms with Gasteiger partial charge in [-0.2, -0.15) is 0 Å². The average molecular weight is 718 g/mol. The number of imidazole rings is 1. The smallest absolute Gasteiger partial charge is 0.150 e. The van der Waals surface area contributed by atoms with Crippen molar-refractivity contribution < 1.29 is 4.39 Å². The molecule has 0 saturated heterocycles. The number of rotatable bonds is 4. The van der Waals surface area contributed by atoms with Crippen LogP contribution in [0.15, 0.2) is 170 Å². The van der Waals surface area contributed by atoms with Crippen molar-refractivity contribution in [3.8, 4) is 11.4 Å². The first-order chi connectivity index (χ1) is 26.5. The Balaban J connectivity index is 1.06. The van der Waals surface area contributed by atoms with Crippen LogP contribution in [0.1, 0.15) is 35.0 Å². The number of fused-ring (bicyclic) bond motifs is 11. The van der Waals surface area contributed by atoms with Crippen molar-refractivity contribution in [2.75, 3.05) is 4.90 Å². The highest BCUT2D eigenvalue weighted by atomic mass is 28.3. The van der Waals surface area contributed by atoms with E-state index in [9.17, 15) is 0 Å². The van der Waals surface area contributed by atoms with E-state index >= 15 is 4.39 Å². The zero-order valence-electron chi connectivity index (χ0n) is 29.9. The third-order valence-corrected chi connectivity index (χ3v) is 15.4. The number of alkyl halides is 1. The number of aromatic nitrogens is 4. The van der Waals surface area contributed by atoms with Gasteiger partial charge in [-0.3, -0.25) is 4.57 Å². The highest BCUT2D eigenvalue weighted by molar-refractivity contribution is 7.02. The highest BCUT2D eigenvalue weighted by Crippen LogP contribution is 2.47. The molecule has 54 heavy (non-hydrogen) atoms. The fraction of sp³-hybridized carbons (Fsp3) is 0.106. The van der Waals surface area contributed by atoms with E-state index < -0.39 is 14.2 Å². The quantitative estimate of drug-likeness (QED) is 0.170. The summed E-state index contributed by atoms with van der Waals surface area (Å²) in [6, 6.07) is 44.8. The number of para-hydroxylation sites is 3. The fourth-order valence-electron chi connectivity index (χ4n) is 9.32. The van der Waals surface area contributed by atoms with E-state index in [0.717, 1.165) is 44.8 Å². The summed E-state index contributed by atoms with van der Waals surface area (Å²) in [4.78, 5) is 12.1. The molecular formula is C47H36FN5Si. The van der Waals surface area contributed by atoms with E-state index in [0.29, 0.717) is 11.1 Å². The molecule has 3 aliphatic rings. The number of hydrogen-bond acceptors (Lipinski definition) is 3. The van der Waals surface area contributed by atoms with E-state index in [1.807, 2.05) is 48.9 Å². The summed E-state index contributed by atoms with van der Waals surface area (Å²) in [5.74, 6) is 1.01. The Kier molecular flexibility index (Phi) is 6.71. The summed E-state index contributed by atoms with van der Waals surface area (Å²) in [7, 11) is -2.11. The van der Waals surface area contributed by atoms with Gasteiger partial charge >= 0.3 is 0 Å². The first kappa shape index (κ1) is 31.2. The highest BCUT2D eigenvalue weighted by Gasteiger charge is 2.40. The molecular weight excluding hydrogens is 682 g/mol. The summed E-state index contributed by atoms with van der Waals surface area (Å²) >= 11 is 0. The van der Waals surface area contributed by atoms with Crippen molar-refractivity contribution in [2.45, 2.75) is 31.1 Å². The van der Waals surface area contributed by atoms with Crippen LogP contribution in [0.25, 0.3) is 33.3 Å². The molecule has 2 aliphatic heterocycles. The van der Waals surface area contributed by atoms with Crippen molar-refractivity contribution in [3.05, 3.63) is 187 Å². The third kappa shape index (κ3) is 4.42. The van der Waals surface area contributed by atoms with Gasteiger partial charge < -0.3 is 9.47 Å². The molecule has 3 atom stereocenters. The number of halogens is 1. The van der Waals surface area contributed by atoms with Gasteiger partial charge in [0.1, 0.15) is 19.5 Å². The number of allylic oxidation sites excluding steroid dienone is 4. The lowest BCUT2D eigenvalue weighted by Crippen LogP contribution is -2.58. The van der Waals surface area contributed by atoms with E-state index in [1.165, 1.54) is 27.3 Å².